The molecule has 0 N–H and O–H groups in total. The van der Waals surface area contributed by atoms with Crippen LogP contribution in [0.3, 0.4) is 0 Å². The molecule has 0 aliphatic carbocycles. The fraction of sp³-hybridized carbons (Fsp3) is 0.333. The van der Waals surface area contributed by atoms with E-state index in [4.69, 9.17) is 23.2 Å². The Morgan fingerprint density at radius 1 is 1.00 bits per heavy atom. The Bertz CT molecular complexity index is 570. The van der Waals surface area contributed by atoms with Gasteiger partial charge in [-0.25, -0.2) is 0 Å². The number of aryl methyl sites for hydroxylation is 1. The molecule has 106 valence electrons. The second kappa shape index (κ2) is 6.65. The van der Waals surface area contributed by atoms with E-state index in [1.165, 1.54) is 5.56 Å². The van der Waals surface area contributed by atoms with Gasteiger partial charge in [0, 0.05) is 5.02 Å². The molecule has 0 saturated carbocycles. The SMILES string of the molecule is Cc1cc(Cl)ccc1C(Cl)c1ccc(CC(C)C)cc1. The summed E-state index contributed by atoms with van der Waals surface area (Å²) in [6, 6.07) is 14.5. The quantitative estimate of drug-likeness (QED) is 0.592. The predicted octanol–water partition coefficient (Wildman–Crippen LogP) is 6.18. The van der Waals surface area contributed by atoms with Crippen molar-refractivity contribution in [1.82, 2.24) is 0 Å². The molecule has 0 bridgehead atoms. The molecular weight excluding hydrogens is 287 g/mol. The number of hydrogen-bond donors (Lipinski definition) is 0. The van der Waals surface area contributed by atoms with Crippen molar-refractivity contribution in [2.75, 3.05) is 0 Å². The van der Waals surface area contributed by atoms with Crippen molar-refractivity contribution < 1.29 is 0 Å². The Hall–Kier alpha value is -0.980. The molecule has 2 rings (SSSR count). The molecule has 2 aromatic carbocycles. The van der Waals surface area contributed by atoms with Crippen LogP contribution in [0.2, 0.25) is 5.02 Å². The van der Waals surface area contributed by atoms with Crippen LogP contribution in [0.15, 0.2) is 42.5 Å². The van der Waals surface area contributed by atoms with Gasteiger partial charge in [-0.1, -0.05) is 55.8 Å². The number of hydrogen-bond acceptors (Lipinski definition) is 0. The molecule has 0 nitrogen and oxygen atoms in total. The Morgan fingerprint density at radius 3 is 2.20 bits per heavy atom. The highest BCUT2D eigenvalue weighted by Crippen LogP contribution is 2.32. The van der Waals surface area contributed by atoms with Crippen LogP contribution >= 0.6 is 23.2 Å². The highest BCUT2D eigenvalue weighted by molar-refractivity contribution is 6.30. The molecule has 0 radical (unpaired) electrons. The molecule has 20 heavy (non-hydrogen) atoms. The molecule has 0 aliphatic heterocycles. The molecule has 1 unspecified atom stereocenters. The van der Waals surface area contributed by atoms with Crippen molar-refractivity contribution in [2.45, 2.75) is 32.6 Å². The molecule has 0 aliphatic rings. The molecule has 1 atom stereocenters. The minimum absolute atomic E-state index is 0.125. The summed E-state index contributed by atoms with van der Waals surface area (Å²) < 4.78 is 0. The predicted molar refractivity (Wildman–Crippen MR) is 88.9 cm³/mol. The lowest BCUT2D eigenvalue weighted by Gasteiger charge is -2.14. The summed E-state index contributed by atoms with van der Waals surface area (Å²) in [6.07, 6.45) is 1.10. The second-order valence-corrected chi connectivity index (χ2v) is 6.58. The van der Waals surface area contributed by atoms with E-state index in [2.05, 4.69) is 38.1 Å². The van der Waals surface area contributed by atoms with Gasteiger partial charge in [0.15, 0.2) is 0 Å². The van der Waals surface area contributed by atoms with Gasteiger partial charge in [-0.3, -0.25) is 0 Å². The molecule has 0 amide bonds. The van der Waals surface area contributed by atoms with Crippen molar-refractivity contribution in [1.29, 1.82) is 0 Å². The average Bonchev–Trinajstić information content (AvgIpc) is 2.38. The van der Waals surface area contributed by atoms with Crippen LogP contribution in [-0.4, -0.2) is 0 Å². The van der Waals surface area contributed by atoms with Gasteiger partial charge in [-0.05, 0) is 53.6 Å². The average molecular weight is 307 g/mol. The topological polar surface area (TPSA) is 0 Å². The van der Waals surface area contributed by atoms with Crippen LogP contribution in [0.4, 0.5) is 0 Å². The van der Waals surface area contributed by atoms with E-state index >= 15 is 0 Å². The largest absolute Gasteiger partial charge is 0.113 e. The smallest absolute Gasteiger partial charge is 0.0838 e. The van der Waals surface area contributed by atoms with Gasteiger partial charge in [0.1, 0.15) is 0 Å². The number of rotatable bonds is 4. The van der Waals surface area contributed by atoms with Gasteiger partial charge in [-0.2, -0.15) is 0 Å². The van der Waals surface area contributed by atoms with E-state index in [1.807, 2.05) is 25.1 Å². The molecule has 0 heterocycles. The highest BCUT2D eigenvalue weighted by Gasteiger charge is 2.13. The first-order chi connectivity index (χ1) is 9.47. The fourth-order valence-corrected chi connectivity index (χ4v) is 3.01. The van der Waals surface area contributed by atoms with Crippen LogP contribution in [0.5, 0.6) is 0 Å². The van der Waals surface area contributed by atoms with E-state index in [0.29, 0.717) is 5.92 Å². The monoisotopic (exact) mass is 306 g/mol. The summed E-state index contributed by atoms with van der Waals surface area (Å²) >= 11 is 12.6. The third-order valence-electron chi connectivity index (χ3n) is 3.42. The van der Waals surface area contributed by atoms with Gasteiger partial charge >= 0.3 is 0 Å². The molecule has 2 aromatic rings. The van der Waals surface area contributed by atoms with Crippen LogP contribution in [0.25, 0.3) is 0 Å². The van der Waals surface area contributed by atoms with Crippen LogP contribution in [-0.2, 0) is 6.42 Å². The van der Waals surface area contributed by atoms with E-state index in [9.17, 15) is 0 Å². The van der Waals surface area contributed by atoms with Gasteiger partial charge < -0.3 is 0 Å². The highest BCUT2D eigenvalue weighted by atomic mass is 35.5. The van der Waals surface area contributed by atoms with Gasteiger partial charge in [0.25, 0.3) is 0 Å². The normalized spacial score (nSPS) is 12.7. The van der Waals surface area contributed by atoms with Crippen molar-refractivity contribution in [3.8, 4) is 0 Å². The van der Waals surface area contributed by atoms with Gasteiger partial charge in [0.05, 0.1) is 5.38 Å². The van der Waals surface area contributed by atoms with Crippen molar-refractivity contribution >= 4 is 23.2 Å². The minimum atomic E-state index is -0.125. The Kier molecular flexibility index (Phi) is 5.12. The van der Waals surface area contributed by atoms with Crippen molar-refractivity contribution in [3.05, 3.63) is 69.7 Å². The Labute approximate surface area is 131 Å². The Morgan fingerprint density at radius 2 is 1.65 bits per heavy atom. The maximum Gasteiger partial charge on any atom is 0.0838 e. The zero-order valence-corrected chi connectivity index (χ0v) is 13.7. The third-order valence-corrected chi connectivity index (χ3v) is 4.14. The molecule has 0 spiro atoms. The van der Waals surface area contributed by atoms with Crippen LogP contribution in [0, 0.1) is 12.8 Å². The standard InChI is InChI=1S/C18H20Cl2/c1-12(2)10-14-4-6-15(7-5-14)18(20)17-9-8-16(19)11-13(17)3/h4-9,11-12,18H,10H2,1-3H3. The lowest BCUT2D eigenvalue weighted by molar-refractivity contribution is 0.647. The third kappa shape index (κ3) is 3.77. The molecule has 0 aromatic heterocycles. The van der Waals surface area contributed by atoms with Crippen molar-refractivity contribution in [2.24, 2.45) is 5.92 Å². The number of halogens is 2. The first-order valence-corrected chi connectivity index (χ1v) is 7.77. The maximum atomic E-state index is 6.60. The minimum Gasteiger partial charge on any atom is -0.113 e. The maximum absolute atomic E-state index is 6.60. The van der Waals surface area contributed by atoms with Crippen molar-refractivity contribution in [3.63, 3.8) is 0 Å². The zero-order valence-electron chi connectivity index (χ0n) is 12.2. The number of benzene rings is 2. The molecular formula is C18H20Cl2. The summed E-state index contributed by atoms with van der Waals surface area (Å²) in [6.45, 7) is 6.51. The second-order valence-electron chi connectivity index (χ2n) is 5.70. The first-order valence-electron chi connectivity index (χ1n) is 6.96. The lowest BCUT2D eigenvalue weighted by atomic mass is 9.97. The lowest BCUT2D eigenvalue weighted by Crippen LogP contribution is -1.98. The molecule has 0 saturated heterocycles. The summed E-state index contributed by atoms with van der Waals surface area (Å²) in [7, 11) is 0. The van der Waals surface area contributed by atoms with Gasteiger partial charge in [-0.15, -0.1) is 11.6 Å². The summed E-state index contributed by atoms with van der Waals surface area (Å²) in [5, 5.41) is 0.628. The van der Waals surface area contributed by atoms with E-state index in [1.54, 1.807) is 0 Å². The number of alkyl halides is 1. The van der Waals surface area contributed by atoms with Gasteiger partial charge in [0.2, 0.25) is 0 Å². The van der Waals surface area contributed by atoms with E-state index < -0.39 is 0 Å². The van der Waals surface area contributed by atoms with Crippen LogP contribution in [0.1, 0.15) is 41.5 Å². The molecule has 0 fully saturated rings. The molecule has 2 heteroatoms. The summed E-state index contributed by atoms with van der Waals surface area (Å²) in [5.41, 5.74) is 4.74. The summed E-state index contributed by atoms with van der Waals surface area (Å²) in [5.74, 6) is 0.672. The van der Waals surface area contributed by atoms with E-state index in [0.717, 1.165) is 28.1 Å². The summed E-state index contributed by atoms with van der Waals surface area (Å²) in [4.78, 5) is 0. The Balaban J connectivity index is 2.22. The fourth-order valence-electron chi connectivity index (χ4n) is 2.40. The zero-order chi connectivity index (χ0) is 14.7. The first kappa shape index (κ1) is 15.4. The van der Waals surface area contributed by atoms with Crippen LogP contribution < -0.4 is 0 Å². The van der Waals surface area contributed by atoms with E-state index in [-0.39, 0.29) is 5.38 Å².